The van der Waals surface area contributed by atoms with E-state index >= 15 is 0 Å². The van der Waals surface area contributed by atoms with Crippen LogP contribution in [0.2, 0.25) is 0 Å². The molecule has 1 aromatic heterocycles. The molecule has 2 aromatic rings. The van der Waals surface area contributed by atoms with Crippen LogP contribution in [-0.2, 0) is 6.42 Å². The second-order valence-corrected chi connectivity index (χ2v) is 6.87. The van der Waals surface area contributed by atoms with Crippen molar-refractivity contribution in [3.05, 3.63) is 50.1 Å². The fourth-order valence-electron chi connectivity index (χ4n) is 2.61. The van der Waals surface area contributed by atoms with Crippen molar-refractivity contribution in [2.45, 2.75) is 25.3 Å². The van der Waals surface area contributed by atoms with Crippen LogP contribution in [0.15, 0.2) is 34.1 Å². The highest BCUT2D eigenvalue weighted by Crippen LogP contribution is 2.33. The zero-order valence-corrected chi connectivity index (χ0v) is 13.3. The predicted octanol–water partition coefficient (Wildman–Crippen LogP) is 3.90. The summed E-state index contributed by atoms with van der Waals surface area (Å²) in [7, 11) is 0. The number of fused-ring (bicyclic) bond motifs is 1. The second kappa shape index (κ2) is 5.58. The molecule has 3 rings (SSSR count). The van der Waals surface area contributed by atoms with E-state index in [0.29, 0.717) is 11.3 Å². The molecule has 3 N–H and O–H groups in total. The molecule has 1 atom stereocenters. The molecule has 1 aromatic carbocycles. The van der Waals surface area contributed by atoms with Gasteiger partial charge in [-0.15, -0.1) is 11.3 Å². The Balaban J connectivity index is 1.81. The van der Waals surface area contributed by atoms with Crippen LogP contribution in [0.5, 0.6) is 0 Å². The summed E-state index contributed by atoms with van der Waals surface area (Å²) < 4.78 is 0.879. The number of hydrogen-bond donors (Lipinski definition) is 2. The van der Waals surface area contributed by atoms with Crippen molar-refractivity contribution in [1.82, 2.24) is 5.32 Å². The first kappa shape index (κ1) is 13.6. The first-order valence-corrected chi connectivity index (χ1v) is 8.24. The van der Waals surface area contributed by atoms with E-state index in [2.05, 4.69) is 32.7 Å². The lowest BCUT2D eigenvalue weighted by Crippen LogP contribution is -2.30. The van der Waals surface area contributed by atoms with E-state index in [1.165, 1.54) is 10.4 Å². The Morgan fingerprint density at radius 2 is 2.25 bits per heavy atom. The first-order chi connectivity index (χ1) is 9.65. The smallest absolute Gasteiger partial charge is 0.253 e. The number of halogens is 1. The number of anilines is 1. The van der Waals surface area contributed by atoms with Crippen LogP contribution >= 0.6 is 27.3 Å². The van der Waals surface area contributed by atoms with Gasteiger partial charge in [-0.3, -0.25) is 4.79 Å². The van der Waals surface area contributed by atoms with Gasteiger partial charge in [0, 0.05) is 15.0 Å². The number of carbonyl (C=O) groups excluding carboxylic acids is 1. The molecule has 20 heavy (non-hydrogen) atoms. The summed E-state index contributed by atoms with van der Waals surface area (Å²) >= 11 is 5.12. The number of nitrogen functional groups attached to an aromatic ring is 1. The minimum atomic E-state index is -0.0981. The molecule has 104 valence electrons. The van der Waals surface area contributed by atoms with Gasteiger partial charge in [-0.2, -0.15) is 0 Å². The fourth-order valence-corrected chi connectivity index (χ4v) is 3.98. The molecule has 1 aliphatic carbocycles. The van der Waals surface area contributed by atoms with E-state index < -0.39 is 0 Å². The molecule has 3 nitrogen and oxygen atoms in total. The van der Waals surface area contributed by atoms with Gasteiger partial charge in [-0.05, 0) is 54.5 Å². The Morgan fingerprint density at radius 1 is 1.40 bits per heavy atom. The van der Waals surface area contributed by atoms with Crippen molar-refractivity contribution in [2.75, 3.05) is 5.73 Å². The lowest BCUT2D eigenvalue weighted by Gasteiger charge is -2.24. The normalized spacial score (nSPS) is 17.6. The SMILES string of the molecule is Nc1cc(Br)ccc1C(=O)NC1CCCc2sccc21. The van der Waals surface area contributed by atoms with Crippen LogP contribution in [-0.4, -0.2) is 5.91 Å². The molecule has 0 spiro atoms. The van der Waals surface area contributed by atoms with E-state index in [-0.39, 0.29) is 11.9 Å². The van der Waals surface area contributed by atoms with E-state index in [9.17, 15) is 4.79 Å². The number of nitrogens with two attached hydrogens (primary N) is 1. The Bertz CT molecular complexity index is 653. The molecule has 1 aliphatic rings. The molecule has 0 radical (unpaired) electrons. The Kier molecular flexibility index (Phi) is 3.81. The molecular formula is C15H15BrN2OS. The number of thiophene rings is 1. The molecule has 5 heteroatoms. The van der Waals surface area contributed by atoms with E-state index in [1.54, 1.807) is 23.5 Å². The summed E-state index contributed by atoms with van der Waals surface area (Å²) in [5.41, 5.74) is 8.22. The van der Waals surface area contributed by atoms with Gasteiger partial charge in [-0.1, -0.05) is 15.9 Å². The number of hydrogen-bond acceptors (Lipinski definition) is 3. The first-order valence-electron chi connectivity index (χ1n) is 6.57. The quantitative estimate of drug-likeness (QED) is 0.807. The van der Waals surface area contributed by atoms with Crippen LogP contribution in [0.25, 0.3) is 0 Å². The zero-order valence-electron chi connectivity index (χ0n) is 10.9. The minimum absolute atomic E-state index is 0.0981. The molecule has 0 bridgehead atoms. The van der Waals surface area contributed by atoms with Crippen molar-refractivity contribution < 1.29 is 4.79 Å². The van der Waals surface area contributed by atoms with Gasteiger partial charge in [0.05, 0.1) is 11.6 Å². The van der Waals surface area contributed by atoms with Gasteiger partial charge in [0.25, 0.3) is 5.91 Å². The second-order valence-electron chi connectivity index (χ2n) is 4.95. The van der Waals surface area contributed by atoms with Gasteiger partial charge in [0.2, 0.25) is 0 Å². The van der Waals surface area contributed by atoms with Gasteiger partial charge in [0.15, 0.2) is 0 Å². The number of aryl methyl sites for hydroxylation is 1. The monoisotopic (exact) mass is 350 g/mol. The largest absolute Gasteiger partial charge is 0.398 e. The average Bonchev–Trinajstić information content (AvgIpc) is 2.87. The molecule has 1 amide bonds. The topological polar surface area (TPSA) is 55.1 Å². The van der Waals surface area contributed by atoms with Gasteiger partial charge < -0.3 is 11.1 Å². The van der Waals surface area contributed by atoms with Crippen molar-refractivity contribution >= 4 is 38.9 Å². The predicted molar refractivity (Wildman–Crippen MR) is 86.0 cm³/mol. The zero-order chi connectivity index (χ0) is 14.1. The third-order valence-corrected chi connectivity index (χ3v) is 5.11. The number of carbonyl (C=O) groups is 1. The maximum atomic E-state index is 12.4. The Hall–Kier alpha value is -1.33. The van der Waals surface area contributed by atoms with E-state index in [0.717, 1.165) is 23.7 Å². The Morgan fingerprint density at radius 3 is 3.05 bits per heavy atom. The summed E-state index contributed by atoms with van der Waals surface area (Å²) in [6.45, 7) is 0. The van der Waals surface area contributed by atoms with E-state index in [1.807, 2.05) is 6.07 Å². The van der Waals surface area contributed by atoms with Crippen molar-refractivity contribution in [2.24, 2.45) is 0 Å². The summed E-state index contributed by atoms with van der Waals surface area (Å²) in [6.07, 6.45) is 3.24. The maximum Gasteiger partial charge on any atom is 0.253 e. The summed E-state index contributed by atoms with van der Waals surface area (Å²) in [4.78, 5) is 13.8. The number of amides is 1. The summed E-state index contributed by atoms with van der Waals surface area (Å²) in [6, 6.07) is 7.58. The molecule has 1 unspecified atom stereocenters. The third kappa shape index (κ3) is 2.60. The number of rotatable bonds is 2. The van der Waals surface area contributed by atoms with Crippen LogP contribution in [0.4, 0.5) is 5.69 Å². The van der Waals surface area contributed by atoms with Crippen LogP contribution < -0.4 is 11.1 Å². The molecule has 0 saturated heterocycles. The highest BCUT2D eigenvalue weighted by Gasteiger charge is 2.23. The maximum absolute atomic E-state index is 12.4. The minimum Gasteiger partial charge on any atom is -0.398 e. The van der Waals surface area contributed by atoms with Gasteiger partial charge in [-0.25, -0.2) is 0 Å². The fraction of sp³-hybridized carbons (Fsp3) is 0.267. The van der Waals surface area contributed by atoms with Crippen LogP contribution in [0.3, 0.4) is 0 Å². The van der Waals surface area contributed by atoms with Crippen molar-refractivity contribution in [3.63, 3.8) is 0 Å². The average molecular weight is 351 g/mol. The molecule has 1 heterocycles. The Labute approximate surface area is 130 Å². The summed E-state index contributed by atoms with van der Waals surface area (Å²) in [5.74, 6) is -0.0981. The highest BCUT2D eigenvalue weighted by molar-refractivity contribution is 9.10. The molecular weight excluding hydrogens is 336 g/mol. The van der Waals surface area contributed by atoms with Crippen molar-refractivity contribution in [3.8, 4) is 0 Å². The van der Waals surface area contributed by atoms with E-state index in [4.69, 9.17) is 5.73 Å². The molecule has 0 saturated carbocycles. The lowest BCUT2D eigenvalue weighted by molar-refractivity contribution is 0.0934. The van der Waals surface area contributed by atoms with Crippen LogP contribution in [0.1, 0.15) is 39.7 Å². The number of benzene rings is 1. The van der Waals surface area contributed by atoms with Crippen molar-refractivity contribution in [1.29, 1.82) is 0 Å². The van der Waals surface area contributed by atoms with Crippen LogP contribution in [0, 0.1) is 0 Å². The third-order valence-electron chi connectivity index (χ3n) is 3.62. The summed E-state index contributed by atoms with van der Waals surface area (Å²) in [5, 5.41) is 5.21. The highest BCUT2D eigenvalue weighted by atomic mass is 79.9. The number of nitrogens with one attached hydrogen (secondary N) is 1. The standard InChI is InChI=1S/C15H15BrN2OS/c16-9-4-5-10(12(17)8-9)15(19)18-13-2-1-3-14-11(13)6-7-20-14/h4-8,13H,1-3,17H2,(H,18,19). The van der Waals surface area contributed by atoms with Gasteiger partial charge in [0.1, 0.15) is 0 Å². The van der Waals surface area contributed by atoms with Gasteiger partial charge >= 0.3 is 0 Å². The molecule has 0 aliphatic heterocycles. The molecule has 0 fully saturated rings. The lowest BCUT2D eigenvalue weighted by atomic mass is 9.94.